The first-order valence-electron chi connectivity index (χ1n) is 4.90. The molecule has 0 aliphatic rings. The van der Waals surface area contributed by atoms with Crippen molar-refractivity contribution in [2.45, 2.75) is 13.3 Å². The van der Waals surface area contributed by atoms with Crippen molar-refractivity contribution >= 4 is 21.9 Å². The molecule has 0 spiro atoms. The number of carbonyl (C=O) groups is 1. The molecule has 0 aromatic heterocycles. The normalized spacial score (nSPS) is 11.2. The molecule has 0 aliphatic heterocycles. The Morgan fingerprint density at radius 2 is 2.00 bits per heavy atom. The van der Waals surface area contributed by atoms with E-state index in [1.807, 2.05) is 0 Å². The highest BCUT2D eigenvalue weighted by Crippen LogP contribution is 2.21. The van der Waals surface area contributed by atoms with Gasteiger partial charge in [0.15, 0.2) is 0 Å². The number of anilines is 1. The summed E-state index contributed by atoms with van der Waals surface area (Å²) in [5.41, 5.74) is 1.11. The average Bonchev–Trinajstić information content (AvgIpc) is 2.18. The molecule has 7 heteroatoms. The first-order valence-corrected chi connectivity index (χ1v) is 6.40. The van der Waals surface area contributed by atoms with Crippen LogP contribution in [0, 0.1) is 6.92 Å². The molecular formula is C10H14N2O4S. The summed E-state index contributed by atoms with van der Waals surface area (Å²) in [5, 5.41) is 13.7. The highest BCUT2D eigenvalue weighted by atomic mass is 32.2. The zero-order valence-corrected chi connectivity index (χ0v) is 10.1. The number of carboxylic acids is 1. The zero-order chi connectivity index (χ0) is 13.1. The van der Waals surface area contributed by atoms with Crippen LogP contribution in [0.1, 0.15) is 12.0 Å². The average molecular weight is 258 g/mol. The van der Waals surface area contributed by atoms with Crippen LogP contribution in [0.4, 0.5) is 5.69 Å². The Hall–Kier alpha value is -1.60. The van der Waals surface area contributed by atoms with Crippen LogP contribution in [0.5, 0.6) is 0 Å². The van der Waals surface area contributed by atoms with Crippen molar-refractivity contribution in [3.05, 3.63) is 29.8 Å². The van der Waals surface area contributed by atoms with E-state index >= 15 is 0 Å². The minimum absolute atomic E-state index is 0.182. The predicted octanol–water partition coefficient (Wildman–Crippen LogP) is 0.480. The molecule has 94 valence electrons. The smallest absolute Gasteiger partial charge is 0.305 e. The number of carboxylic acid groups (broad SMARTS) is 1. The summed E-state index contributed by atoms with van der Waals surface area (Å²) in [6.45, 7) is 1.55. The molecule has 0 bridgehead atoms. The Bertz CT molecular complexity index is 513. The Labute approximate surface area is 99.8 Å². The molecule has 0 saturated heterocycles. The second-order valence-corrected chi connectivity index (χ2v) is 5.02. The Morgan fingerprint density at radius 1 is 1.41 bits per heavy atom. The van der Waals surface area contributed by atoms with Crippen molar-refractivity contribution in [1.29, 1.82) is 0 Å². The van der Waals surface area contributed by atoms with Crippen LogP contribution < -0.4 is 9.44 Å². The zero-order valence-electron chi connectivity index (χ0n) is 9.33. The van der Waals surface area contributed by atoms with Crippen molar-refractivity contribution in [1.82, 2.24) is 0 Å². The van der Waals surface area contributed by atoms with Gasteiger partial charge in [0.25, 0.3) is 10.2 Å². The Balaban J connectivity index is 3.08. The second kappa shape index (κ2) is 5.15. The van der Waals surface area contributed by atoms with Gasteiger partial charge in [0, 0.05) is 6.54 Å². The van der Waals surface area contributed by atoms with Crippen LogP contribution in [-0.4, -0.2) is 26.0 Å². The lowest BCUT2D eigenvalue weighted by Crippen LogP contribution is -2.38. The second-order valence-electron chi connectivity index (χ2n) is 3.55. The fraction of sp³-hybridized carbons (Fsp3) is 0.300. The molecular weight excluding hydrogens is 244 g/mol. The molecule has 17 heavy (non-hydrogen) atoms. The molecule has 0 unspecified atom stereocenters. The summed E-state index contributed by atoms with van der Waals surface area (Å²) in [6.07, 6.45) is -0.301. The van der Waals surface area contributed by atoms with E-state index in [-0.39, 0.29) is 13.0 Å². The third kappa shape index (κ3) is 3.72. The molecule has 0 atom stereocenters. The van der Waals surface area contributed by atoms with E-state index in [2.05, 4.69) is 0 Å². The number of para-hydroxylation sites is 1. The summed E-state index contributed by atoms with van der Waals surface area (Å²) in [6, 6.07) is 6.74. The van der Waals surface area contributed by atoms with Crippen molar-refractivity contribution in [3.63, 3.8) is 0 Å². The number of benzene rings is 1. The maximum absolute atomic E-state index is 11.4. The molecule has 0 aliphatic carbocycles. The van der Waals surface area contributed by atoms with Crippen LogP contribution >= 0.6 is 0 Å². The number of aliphatic carboxylic acids is 1. The molecule has 1 rings (SSSR count). The van der Waals surface area contributed by atoms with Crippen LogP contribution in [-0.2, 0) is 15.0 Å². The maximum atomic E-state index is 11.4. The number of nitrogens with two attached hydrogens (primary N) is 1. The van der Waals surface area contributed by atoms with Crippen LogP contribution in [0.2, 0.25) is 0 Å². The highest BCUT2D eigenvalue weighted by Gasteiger charge is 2.20. The van der Waals surface area contributed by atoms with E-state index in [9.17, 15) is 13.2 Å². The fourth-order valence-corrected chi connectivity index (χ4v) is 2.25. The Morgan fingerprint density at radius 3 is 2.47 bits per heavy atom. The number of aryl methyl sites for hydroxylation is 1. The predicted molar refractivity (Wildman–Crippen MR) is 63.9 cm³/mol. The van der Waals surface area contributed by atoms with Crippen molar-refractivity contribution in [2.24, 2.45) is 5.14 Å². The minimum atomic E-state index is -3.97. The van der Waals surface area contributed by atoms with Crippen LogP contribution in [0.15, 0.2) is 24.3 Å². The summed E-state index contributed by atoms with van der Waals surface area (Å²) in [5.74, 6) is -1.08. The fourth-order valence-electron chi connectivity index (χ4n) is 1.43. The summed E-state index contributed by atoms with van der Waals surface area (Å²) >= 11 is 0. The van der Waals surface area contributed by atoms with Gasteiger partial charge in [0.2, 0.25) is 0 Å². The molecule has 3 N–H and O–H groups in total. The molecule has 0 amide bonds. The molecule has 6 nitrogen and oxygen atoms in total. The number of nitrogens with zero attached hydrogens (tertiary/aromatic N) is 1. The van der Waals surface area contributed by atoms with Crippen molar-refractivity contribution in [3.8, 4) is 0 Å². The van der Waals surface area contributed by atoms with Crippen molar-refractivity contribution in [2.75, 3.05) is 10.8 Å². The summed E-state index contributed by atoms with van der Waals surface area (Å²) in [4.78, 5) is 10.5. The van der Waals surface area contributed by atoms with Crippen molar-refractivity contribution < 1.29 is 18.3 Å². The standard InChI is InChI=1S/C10H14N2O4S/c1-8-4-2-3-5-9(8)12(17(11,15)16)7-6-10(13)14/h2-5H,6-7H2,1H3,(H,13,14)(H2,11,15,16). The lowest BCUT2D eigenvalue weighted by Gasteiger charge is -2.22. The summed E-state index contributed by atoms with van der Waals surface area (Å²) in [7, 11) is -3.97. The number of rotatable bonds is 5. The summed E-state index contributed by atoms with van der Waals surface area (Å²) < 4.78 is 23.7. The lowest BCUT2D eigenvalue weighted by molar-refractivity contribution is -0.136. The van der Waals surface area contributed by atoms with Gasteiger partial charge in [-0.3, -0.25) is 9.10 Å². The minimum Gasteiger partial charge on any atom is -0.481 e. The number of hydrogen-bond donors (Lipinski definition) is 2. The van der Waals surface area contributed by atoms with Gasteiger partial charge in [-0.25, -0.2) is 5.14 Å². The molecule has 1 aromatic rings. The number of hydrogen-bond acceptors (Lipinski definition) is 3. The van der Waals surface area contributed by atoms with Gasteiger partial charge in [-0.2, -0.15) is 8.42 Å². The van der Waals surface area contributed by atoms with E-state index < -0.39 is 16.2 Å². The van der Waals surface area contributed by atoms with E-state index in [0.29, 0.717) is 11.3 Å². The van der Waals surface area contributed by atoms with Gasteiger partial charge in [0.05, 0.1) is 12.1 Å². The van der Waals surface area contributed by atoms with Gasteiger partial charge in [-0.15, -0.1) is 0 Å². The largest absolute Gasteiger partial charge is 0.481 e. The Kier molecular flexibility index (Phi) is 4.08. The first-order chi connectivity index (χ1) is 7.82. The SMILES string of the molecule is Cc1ccccc1N(CCC(=O)O)S(N)(=O)=O. The monoisotopic (exact) mass is 258 g/mol. The molecule has 0 fully saturated rings. The topological polar surface area (TPSA) is 101 Å². The highest BCUT2D eigenvalue weighted by molar-refractivity contribution is 7.90. The van der Waals surface area contributed by atoms with Gasteiger partial charge in [-0.05, 0) is 18.6 Å². The van der Waals surface area contributed by atoms with Gasteiger partial charge < -0.3 is 5.11 Å². The van der Waals surface area contributed by atoms with E-state index in [1.54, 1.807) is 31.2 Å². The van der Waals surface area contributed by atoms with Crippen LogP contribution in [0.25, 0.3) is 0 Å². The quantitative estimate of drug-likeness (QED) is 0.802. The maximum Gasteiger partial charge on any atom is 0.305 e. The molecule has 1 aromatic carbocycles. The lowest BCUT2D eigenvalue weighted by atomic mass is 10.2. The third-order valence-corrected chi connectivity index (χ3v) is 3.21. The van der Waals surface area contributed by atoms with E-state index in [0.717, 1.165) is 4.31 Å². The molecule has 0 saturated carbocycles. The van der Waals surface area contributed by atoms with Gasteiger partial charge >= 0.3 is 5.97 Å². The van der Waals surface area contributed by atoms with Crippen LogP contribution in [0.3, 0.4) is 0 Å². The molecule has 0 radical (unpaired) electrons. The third-order valence-electron chi connectivity index (χ3n) is 2.22. The van der Waals surface area contributed by atoms with E-state index in [4.69, 9.17) is 10.2 Å². The van der Waals surface area contributed by atoms with Gasteiger partial charge in [0.1, 0.15) is 0 Å². The van der Waals surface area contributed by atoms with Gasteiger partial charge in [-0.1, -0.05) is 18.2 Å². The molecule has 0 heterocycles. The van der Waals surface area contributed by atoms with E-state index in [1.165, 1.54) is 0 Å². The first kappa shape index (κ1) is 13.5.